The molecule has 0 bridgehead atoms. The molecule has 0 fully saturated rings. The number of nitrogens with one attached hydrogen (secondary N) is 1. The van der Waals surface area contributed by atoms with Gasteiger partial charge in [-0.1, -0.05) is 6.92 Å². The van der Waals surface area contributed by atoms with Gasteiger partial charge < -0.3 is 16.0 Å². The van der Waals surface area contributed by atoms with Crippen LogP contribution in [-0.2, 0) is 0 Å². The molecule has 3 N–H and O–H groups in total. The van der Waals surface area contributed by atoms with E-state index < -0.39 is 0 Å². The van der Waals surface area contributed by atoms with Crippen LogP contribution >= 0.6 is 0 Å². The molecule has 0 spiro atoms. The van der Waals surface area contributed by atoms with Gasteiger partial charge in [-0.2, -0.15) is 0 Å². The Balaban J connectivity index is 3.46. The second kappa shape index (κ2) is 4.96. The lowest BCUT2D eigenvalue weighted by atomic mass is 10.2. The molecule has 4 nitrogen and oxygen atoms in total. The fourth-order valence-corrected chi connectivity index (χ4v) is 0.521. The van der Waals surface area contributed by atoms with Crippen molar-refractivity contribution in [3.63, 3.8) is 0 Å². The molecule has 0 aromatic heterocycles. The molecule has 2 amide bonds. The summed E-state index contributed by atoms with van der Waals surface area (Å²) in [4.78, 5) is 12.4. The summed E-state index contributed by atoms with van der Waals surface area (Å²) in [6.45, 7) is 2.54. The van der Waals surface area contributed by atoms with Gasteiger partial charge in [0.2, 0.25) is 0 Å². The van der Waals surface area contributed by atoms with Crippen LogP contribution in [0.2, 0.25) is 0 Å². The molecule has 0 aromatic carbocycles. The van der Waals surface area contributed by atoms with Crippen molar-refractivity contribution in [3.8, 4) is 0 Å². The number of carbonyl (C=O) groups is 1. The van der Waals surface area contributed by atoms with E-state index >= 15 is 0 Å². The summed E-state index contributed by atoms with van der Waals surface area (Å²) >= 11 is 0. The van der Waals surface area contributed by atoms with Crippen LogP contribution in [0.5, 0.6) is 0 Å². The maximum Gasteiger partial charge on any atom is 0.316 e. The van der Waals surface area contributed by atoms with Gasteiger partial charge in [0.1, 0.15) is 0 Å². The van der Waals surface area contributed by atoms with Crippen LogP contribution in [0.3, 0.4) is 0 Å². The molecule has 0 radical (unpaired) electrons. The molecule has 66 valence electrons. The summed E-state index contributed by atoms with van der Waals surface area (Å²) < 4.78 is 0. The molecule has 1 atom stereocenters. The molecule has 0 heterocycles. The van der Waals surface area contributed by atoms with Crippen LogP contribution < -0.4 is 11.1 Å². The third-order valence-corrected chi connectivity index (χ3v) is 1.45. The smallest absolute Gasteiger partial charge is 0.316 e. The quantitative estimate of drug-likeness (QED) is 0.608. The molecule has 1 unspecified atom stereocenters. The van der Waals surface area contributed by atoms with Gasteiger partial charge in [-0.25, -0.2) is 4.79 Å². The van der Waals surface area contributed by atoms with Crippen LogP contribution in [0.1, 0.15) is 13.3 Å². The first-order valence-corrected chi connectivity index (χ1v) is 3.78. The van der Waals surface area contributed by atoms with E-state index in [1.165, 1.54) is 4.90 Å². The molecule has 11 heavy (non-hydrogen) atoms. The first-order valence-electron chi connectivity index (χ1n) is 3.78. The Morgan fingerprint density at radius 2 is 2.18 bits per heavy atom. The van der Waals surface area contributed by atoms with Gasteiger partial charge in [0.25, 0.3) is 0 Å². The van der Waals surface area contributed by atoms with Crippen molar-refractivity contribution in [2.75, 3.05) is 20.6 Å². The van der Waals surface area contributed by atoms with Crippen LogP contribution in [0, 0.1) is 0 Å². The third-order valence-electron chi connectivity index (χ3n) is 1.45. The summed E-state index contributed by atoms with van der Waals surface area (Å²) in [7, 11) is 3.40. The van der Waals surface area contributed by atoms with E-state index in [0.717, 1.165) is 6.42 Å². The highest BCUT2D eigenvalue weighted by Gasteiger charge is 2.04. The topological polar surface area (TPSA) is 58.4 Å². The van der Waals surface area contributed by atoms with Crippen molar-refractivity contribution >= 4 is 6.03 Å². The number of amides is 2. The molecular formula is C7H17N3O. The average Bonchev–Trinajstić information content (AvgIpc) is 1.99. The second-order valence-corrected chi connectivity index (χ2v) is 2.75. The minimum atomic E-state index is -0.0890. The largest absolute Gasteiger partial charge is 0.336 e. The van der Waals surface area contributed by atoms with Gasteiger partial charge in [-0.15, -0.1) is 0 Å². The maximum absolute atomic E-state index is 10.9. The molecule has 0 aliphatic rings. The van der Waals surface area contributed by atoms with Crippen molar-refractivity contribution in [2.24, 2.45) is 5.73 Å². The highest BCUT2D eigenvalue weighted by molar-refractivity contribution is 5.73. The van der Waals surface area contributed by atoms with E-state index in [4.69, 9.17) is 5.73 Å². The normalized spacial score (nSPS) is 12.4. The van der Waals surface area contributed by atoms with Crippen LogP contribution in [0.4, 0.5) is 4.79 Å². The van der Waals surface area contributed by atoms with Gasteiger partial charge in [0.05, 0.1) is 0 Å². The van der Waals surface area contributed by atoms with E-state index in [2.05, 4.69) is 5.32 Å². The zero-order chi connectivity index (χ0) is 8.85. The molecule has 4 heteroatoms. The van der Waals surface area contributed by atoms with E-state index in [0.29, 0.717) is 6.54 Å². The minimum absolute atomic E-state index is 0.0684. The average molecular weight is 159 g/mol. The predicted octanol–water partition coefficient (Wildman–Crippen LogP) is -0.00510. The zero-order valence-corrected chi connectivity index (χ0v) is 7.42. The van der Waals surface area contributed by atoms with Crippen LogP contribution in [0.25, 0.3) is 0 Å². The highest BCUT2D eigenvalue weighted by Crippen LogP contribution is 1.83. The third kappa shape index (κ3) is 4.61. The minimum Gasteiger partial charge on any atom is -0.336 e. The molecule has 0 saturated carbocycles. The molecule has 0 saturated heterocycles. The van der Waals surface area contributed by atoms with Crippen LogP contribution in [-0.4, -0.2) is 37.6 Å². The van der Waals surface area contributed by atoms with E-state index in [1.807, 2.05) is 6.92 Å². The number of urea groups is 1. The maximum atomic E-state index is 10.9. The van der Waals surface area contributed by atoms with E-state index in [-0.39, 0.29) is 12.1 Å². The lowest BCUT2D eigenvalue weighted by molar-refractivity contribution is 0.216. The zero-order valence-electron chi connectivity index (χ0n) is 7.42. The Kier molecular flexibility index (Phi) is 4.61. The lowest BCUT2D eigenvalue weighted by Crippen LogP contribution is -2.41. The molecule has 0 aliphatic heterocycles. The lowest BCUT2D eigenvalue weighted by Gasteiger charge is -2.14. The summed E-state index contributed by atoms with van der Waals surface area (Å²) in [5, 5.41) is 2.69. The fourth-order valence-electron chi connectivity index (χ4n) is 0.521. The van der Waals surface area contributed by atoms with Gasteiger partial charge >= 0.3 is 6.03 Å². The SMILES string of the molecule is CCC(N)CNC(=O)N(C)C. The monoisotopic (exact) mass is 159 g/mol. The second-order valence-electron chi connectivity index (χ2n) is 2.75. The Bertz CT molecular complexity index is 125. The van der Waals surface area contributed by atoms with E-state index in [9.17, 15) is 4.79 Å². The number of carbonyl (C=O) groups excluding carboxylic acids is 1. The molecule has 0 aliphatic carbocycles. The number of nitrogens with two attached hydrogens (primary N) is 1. The number of hydrogen-bond acceptors (Lipinski definition) is 2. The van der Waals surface area contributed by atoms with Crippen molar-refractivity contribution < 1.29 is 4.79 Å². The van der Waals surface area contributed by atoms with Gasteiger partial charge in [0.15, 0.2) is 0 Å². The Morgan fingerprint density at radius 3 is 2.55 bits per heavy atom. The van der Waals surface area contributed by atoms with Crippen molar-refractivity contribution in [1.29, 1.82) is 0 Å². The molecule has 0 rings (SSSR count). The Hall–Kier alpha value is -0.770. The number of nitrogens with zero attached hydrogens (tertiary/aromatic N) is 1. The summed E-state index contributed by atoms with van der Waals surface area (Å²) in [5.41, 5.74) is 5.59. The first-order chi connectivity index (χ1) is 5.07. The summed E-state index contributed by atoms with van der Waals surface area (Å²) in [6.07, 6.45) is 0.883. The fraction of sp³-hybridized carbons (Fsp3) is 0.857. The number of hydrogen-bond donors (Lipinski definition) is 2. The van der Waals surface area contributed by atoms with Crippen LogP contribution in [0.15, 0.2) is 0 Å². The summed E-state index contributed by atoms with van der Waals surface area (Å²) in [6, 6.07) is -0.0206. The van der Waals surface area contributed by atoms with Crippen molar-refractivity contribution in [3.05, 3.63) is 0 Å². The summed E-state index contributed by atoms with van der Waals surface area (Å²) in [5.74, 6) is 0. The standard InChI is InChI=1S/C7H17N3O/c1-4-6(8)5-9-7(11)10(2)3/h6H,4-5,8H2,1-3H3,(H,9,11). The van der Waals surface area contributed by atoms with Gasteiger partial charge in [0, 0.05) is 26.7 Å². The Labute approximate surface area is 67.7 Å². The first kappa shape index (κ1) is 10.2. The Morgan fingerprint density at radius 1 is 1.64 bits per heavy atom. The van der Waals surface area contributed by atoms with Crippen molar-refractivity contribution in [2.45, 2.75) is 19.4 Å². The van der Waals surface area contributed by atoms with Gasteiger partial charge in [-0.3, -0.25) is 0 Å². The highest BCUT2D eigenvalue weighted by atomic mass is 16.2. The molecular weight excluding hydrogens is 142 g/mol. The van der Waals surface area contributed by atoms with Gasteiger partial charge in [-0.05, 0) is 6.42 Å². The number of rotatable bonds is 3. The molecule has 0 aromatic rings. The van der Waals surface area contributed by atoms with Crippen molar-refractivity contribution in [1.82, 2.24) is 10.2 Å². The predicted molar refractivity (Wildman–Crippen MR) is 45.4 cm³/mol. The van der Waals surface area contributed by atoms with E-state index in [1.54, 1.807) is 14.1 Å².